The fourth-order valence-corrected chi connectivity index (χ4v) is 4.71. The van der Waals surface area contributed by atoms with Gasteiger partial charge in [-0.15, -0.1) is 0 Å². The van der Waals surface area contributed by atoms with Gasteiger partial charge in [-0.2, -0.15) is 0 Å². The first-order valence-corrected chi connectivity index (χ1v) is 11.1. The van der Waals surface area contributed by atoms with Crippen molar-refractivity contribution >= 4 is 23.1 Å². The number of benzene rings is 2. The molecule has 2 atom stereocenters. The lowest BCUT2D eigenvalue weighted by Crippen LogP contribution is -2.42. The molecule has 2 amide bonds. The summed E-state index contributed by atoms with van der Waals surface area (Å²) in [5.74, 6) is 0.369. The maximum atomic E-state index is 13.6. The Hall–Kier alpha value is -3.15. The second-order valence-electron chi connectivity index (χ2n) is 9.19. The van der Waals surface area contributed by atoms with Crippen LogP contribution in [0, 0.1) is 17.7 Å². The number of rotatable bonds is 5. The monoisotopic (exact) mass is 436 g/mol. The van der Waals surface area contributed by atoms with Gasteiger partial charge in [0.2, 0.25) is 0 Å². The number of likely N-dealkylation sites (tertiary alicyclic amines) is 1. The maximum absolute atomic E-state index is 13.6. The lowest BCUT2D eigenvalue weighted by atomic mass is 9.91. The molecule has 5 nitrogen and oxygen atoms in total. The molecule has 0 aliphatic carbocycles. The first-order valence-electron chi connectivity index (χ1n) is 11.1. The van der Waals surface area contributed by atoms with E-state index in [-0.39, 0.29) is 17.9 Å². The Morgan fingerprint density at radius 2 is 1.50 bits per heavy atom. The van der Waals surface area contributed by atoms with Gasteiger partial charge in [0, 0.05) is 13.1 Å². The maximum Gasteiger partial charge on any atom is 0.282 e. The van der Waals surface area contributed by atoms with E-state index in [1.54, 1.807) is 0 Å². The third kappa shape index (κ3) is 4.27. The molecule has 168 valence electrons. The summed E-state index contributed by atoms with van der Waals surface area (Å²) in [6.45, 7) is 9.67. The van der Waals surface area contributed by atoms with E-state index in [1.807, 2.05) is 38.1 Å². The third-order valence-electron chi connectivity index (χ3n) is 5.84. The third-order valence-corrected chi connectivity index (χ3v) is 5.84. The molecule has 2 aliphatic heterocycles. The summed E-state index contributed by atoms with van der Waals surface area (Å²) in [6, 6.07) is 12.7. The summed E-state index contributed by atoms with van der Waals surface area (Å²) in [4.78, 5) is 30.4. The van der Waals surface area contributed by atoms with E-state index in [4.69, 9.17) is 4.74 Å². The SMILES string of the molecule is CC1CC(C)CN(C2=C(c3ccc(OC(C)C)cc3)C(=O)N(c3ccc(F)cc3)C2=O)C1. The Balaban J connectivity index is 1.78. The van der Waals surface area contributed by atoms with Crippen LogP contribution in [0.3, 0.4) is 0 Å². The number of piperidine rings is 1. The Labute approximate surface area is 188 Å². The van der Waals surface area contributed by atoms with Gasteiger partial charge in [-0.3, -0.25) is 9.59 Å². The molecule has 0 radical (unpaired) electrons. The Morgan fingerprint density at radius 3 is 2.06 bits per heavy atom. The minimum atomic E-state index is -0.416. The highest BCUT2D eigenvalue weighted by atomic mass is 19.1. The molecule has 4 rings (SSSR count). The molecule has 0 bridgehead atoms. The van der Waals surface area contributed by atoms with Gasteiger partial charge in [0.1, 0.15) is 17.3 Å². The second-order valence-corrected chi connectivity index (χ2v) is 9.19. The number of nitrogens with zero attached hydrogens (tertiary/aromatic N) is 2. The van der Waals surface area contributed by atoms with Crippen LogP contribution in [-0.4, -0.2) is 35.9 Å². The highest BCUT2D eigenvalue weighted by Crippen LogP contribution is 2.37. The van der Waals surface area contributed by atoms with Crippen molar-refractivity contribution in [3.8, 4) is 5.75 Å². The number of halogens is 1. The molecule has 0 spiro atoms. The van der Waals surface area contributed by atoms with E-state index in [0.29, 0.717) is 53.2 Å². The van der Waals surface area contributed by atoms with E-state index < -0.39 is 5.82 Å². The van der Waals surface area contributed by atoms with Gasteiger partial charge >= 0.3 is 0 Å². The standard InChI is InChI=1S/C26H29FN2O3/c1-16(2)32-22-11-5-19(6-12-22)23-24(28-14-17(3)13-18(4)15-28)26(31)29(25(23)30)21-9-7-20(27)8-10-21/h5-12,16-18H,13-15H2,1-4H3. The van der Waals surface area contributed by atoms with Crippen LogP contribution in [0.5, 0.6) is 5.75 Å². The number of anilines is 1. The molecular weight excluding hydrogens is 407 g/mol. The molecule has 2 heterocycles. The van der Waals surface area contributed by atoms with Crippen molar-refractivity contribution in [2.24, 2.45) is 11.8 Å². The molecule has 2 aromatic carbocycles. The highest BCUT2D eigenvalue weighted by Gasteiger charge is 2.43. The lowest BCUT2D eigenvalue weighted by molar-refractivity contribution is -0.120. The van der Waals surface area contributed by atoms with Gasteiger partial charge in [0.05, 0.1) is 17.4 Å². The number of hydrogen-bond acceptors (Lipinski definition) is 4. The number of amides is 2. The van der Waals surface area contributed by atoms with Crippen molar-refractivity contribution in [3.63, 3.8) is 0 Å². The van der Waals surface area contributed by atoms with Gasteiger partial charge in [-0.1, -0.05) is 26.0 Å². The molecule has 2 unspecified atom stereocenters. The normalized spacial score (nSPS) is 21.7. The summed E-state index contributed by atoms with van der Waals surface area (Å²) in [6.07, 6.45) is 1.13. The number of carbonyl (C=O) groups is 2. The minimum absolute atomic E-state index is 0.0376. The first kappa shape index (κ1) is 22.1. The minimum Gasteiger partial charge on any atom is -0.491 e. The van der Waals surface area contributed by atoms with Crippen LogP contribution in [0.2, 0.25) is 0 Å². The summed E-state index contributed by atoms with van der Waals surface area (Å²) in [7, 11) is 0. The van der Waals surface area contributed by atoms with Crippen molar-refractivity contribution < 1.29 is 18.7 Å². The molecule has 0 saturated carbocycles. The summed E-state index contributed by atoms with van der Waals surface area (Å²) in [5, 5.41) is 0. The second kappa shape index (κ2) is 8.77. The molecule has 1 fully saturated rings. The predicted octanol–water partition coefficient (Wildman–Crippen LogP) is 4.88. The van der Waals surface area contributed by atoms with Gasteiger partial charge in [0.25, 0.3) is 11.8 Å². The number of hydrogen-bond donors (Lipinski definition) is 0. The van der Waals surface area contributed by atoms with E-state index >= 15 is 0 Å². The molecule has 0 N–H and O–H groups in total. The molecule has 6 heteroatoms. The zero-order chi connectivity index (χ0) is 23.0. The summed E-state index contributed by atoms with van der Waals surface area (Å²) in [5.41, 5.74) is 1.85. The van der Waals surface area contributed by atoms with Crippen LogP contribution in [-0.2, 0) is 9.59 Å². The molecule has 1 saturated heterocycles. The van der Waals surface area contributed by atoms with E-state index in [0.717, 1.165) is 11.3 Å². The van der Waals surface area contributed by atoms with Crippen molar-refractivity contribution in [1.29, 1.82) is 0 Å². The fourth-order valence-electron chi connectivity index (χ4n) is 4.71. The Bertz CT molecular complexity index is 1030. The van der Waals surface area contributed by atoms with Crippen molar-refractivity contribution in [2.45, 2.75) is 40.2 Å². The molecule has 0 aromatic heterocycles. The van der Waals surface area contributed by atoms with Gasteiger partial charge < -0.3 is 9.64 Å². The van der Waals surface area contributed by atoms with Crippen LogP contribution >= 0.6 is 0 Å². The number of carbonyl (C=O) groups excluding carboxylic acids is 2. The van der Waals surface area contributed by atoms with Crippen LogP contribution < -0.4 is 9.64 Å². The average molecular weight is 437 g/mol. The quantitative estimate of drug-likeness (QED) is 0.627. The van der Waals surface area contributed by atoms with Crippen LogP contribution in [0.1, 0.15) is 39.7 Å². The summed E-state index contributed by atoms with van der Waals surface area (Å²) < 4.78 is 19.2. The van der Waals surface area contributed by atoms with Gasteiger partial charge in [-0.05, 0) is 74.1 Å². The van der Waals surface area contributed by atoms with Crippen LogP contribution in [0.25, 0.3) is 5.57 Å². The van der Waals surface area contributed by atoms with Crippen LogP contribution in [0.15, 0.2) is 54.2 Å². The lowest BCUT2D eigenvalue weighted by Gasteiger charge is -2.37. The van der Waals surface area contributed by atoms with Gasteiger partial charge in [-0.25, -0.2) is 9.29 Å². The predicted molar refractivity (Wildman–Crippen MR) is 123 cm³/mol. The summed E-state index contributed by atoms with van der Waals surface area (Å²) >= 11 is 0. The largest absolute Gasteiger partial charge is 0.491 e. The first-order chi connectivity index (χ1) is 15.2. The molecule has 32 heavy (non-hydrogen) atoms. The van der Waals surface area contributed by atoms with Gasteiger partial charge in [0.15, 0.2) is 0 Å². The average Bonchev–Trinajstić information content (AvgIpc) is 2.98. The number of imide groups is 1. The zero-order valence-corrected chi connectivity index (χ0v) is 19.0. The smallest absolute Gasteiger partial charge is 0.282 e. The fraction of sp³-hybridized carbons (Fsp3) is 0.385. The highest BCUT2D eigenvalue weighted by molar-refractivity contribution is 6.45. The molecular formula is C26H29FN2O3. The van der Waals surface area contributed by atoms with E-state index in [2.05, 4.69) is 18.7 Å². The Kier molecular flexibility index (Phi) is 6.04. The van der Waals surface area contributed by atoms with E-state index in [9.17, 15) is 14.0 Å². The Morgan fingerprint density at radius 1 is 0.906 bits per heavy atom. The van der Waals surface area contributed by atoms with Crippen molar-refractivity contribution in [1.82, 2.24) is 4.90 Å². The topological polar surface area (TPSA) is 49.9 Å². The number of ether oxygens (including phenoxy) is 1. The molecule has 2 aliphatic rings. The van der Waals surface area contributed by atoms with E-state index in [1.165, 1.54) is 24.3 Å². The zero-order valence-electron chi connectivity index (χ0n) is 19.0. The van der Waals surface area contributed by atoms with Crippen LogP contribution in [0.4, 0.5) is 10.1 Å². The van der Waals surface area contributed by atoms with Crippen molar-refractivity contribution in [3.05, 3.63) is 65.6 Å². The molecule has 2 aromatic rings. The van der Waals surface area contributed by atoms with Crippen molar-refractivity contribution in [2.75, 3.05) is 18.0 Å².